The number of hydrogen-bond donors (Lipinski definition) is 2. The van der Waals surface area contributed by atoms with Gasteiger partial charge in [-0.1, -0.05) is 29.4 Å². The molecule has 11 nitrogen and oxygen atoms in total. The molecule has 2 N–H and O–H groups in total. The molecule has 1 atom stereocenters. The predicted octanol–water partition coefficient (Wildman–Crippen LogP) is 2.92. The summed E-state index contributed by atoms with van der Waals surface area (Å²) in [6.07, 6.45) is 0.940. The van der Waals surface area contributed by atoms with E-state index in [4.69, 9.17) is 9.47 Å². The van der Waals surface area contributed by atoms with E-state index in [0.717, 1.165) is 48.4 Å². The average Bonchev–Trinajstić information content (AvgIpc) is 3.54. The van der Waals surface area contributed by atoms with Crippen molar-refractivity contribution in [2.24, 2.45) is 5.92 Å². The molecule has 11 heteroatoms. The molecule has 0 saturated carbocycles. The van der Waals surface area contributed by atoms with Crippen molar-refractivity contribution in [1.29, 1.82) is 0 Å². The largest absolute Gasteiger partial charge is 0.466 e. The molecule has 2 aliphatic rings. The number of amides is 1. The molecule has 2 aromatic carbocycles. The summed E-state index contributed by atoms with van der Waals surface area (Å²) in [4.78, 5) is 42.0. The number of H-pyrrole nitrogens is 1. The monoisotopic (exact) mass is 521 g/mol. The molecule has 0 unspecified atom stereocenters. The summed E-state index contributed by atoms with van der Waals surface area (Å²) in [6.45, 7) is 5.43. The summed E-state index contributed by atoms with van der Waals surface area (Å²) in [7, 11) is 0. The lowest BCUT2D eigenvalue weighted by Gasteiger charge is -2.32. The fraction of sp³-hybridized carbons (Fsp3) is 0.407. The lowest BCUT2D eigenvalue weighted by molar-refractivity contribution is -0.148. The maximum atomic E-state index is 12.5. The van der Waals surface area contributed by atoms with Crippen LogP contribution in [0.25, 0.3) is 11.4 Å². The van der Waals surface area contributed by atoms with E-state index < -0.39 is 5.76 Å². The van der Waals surface area contributed by atoms with Crippen molar-refractivity contribution in [3.8, 4) is 11.4 Å². The second kappa shape index (κ2) is 11.5. The molecule has 0 spiro atoms. The molecule has 0 radical (unpaired) electrons. The third-order valence-corrected chi connectivity index (χ3v) is 6.88. The van der Waals surface area contributed by atoms with Crippen molar-refractivity contribution >= 4 is 23.4 Å². The van der Waals surface area contributed by atoms with Gasteiger partial charge in [-0.25, -0.2) is 9.59 Å². The zero-order valence-electron chi connectivity index (χ0n) is 21.2. The highest BCUT2D eigenvalue weighted by molar-refractivity contribution is 5.90. The van der Waals surface area contributed by atoms with Crippen LogP contribution in [-0.2, 0) is 20.8 Å². The zero-order chi connectivity index (χ0) is 26.5. The van der Waals surface area contributed by atoms with Crippen molar-refractivity contribution in [2.45, 2.75) is 32.4 Å². The summed E-state index contributed by atoms with van der Waals surface area (Å²) in [5.74, 6) is -0.326. The second-order valence-corrected chi connectivity index (χ2v) is 9.42. The third-order valence-electron chi connectivity index (χ3n) is 6.88. The summed E-state index contributed by atoms with van der Waals surface area (Å²) >= 11 is 0. The van der Waals surface area contributed by atoms with Gasteiger partial charge in [-0.2, -0.15) is 0 Å². The van der Waals surface area contributed by atoms with Crippen LogP contribution in [0.3, 0.4) is 0 Å². The smallest absolute Gasteiger partial charge is 0.439 e. The van der Waals surface area contributed by atoms with Gasteiger partial charge in [0.2, 0.25) is 0 Å². The predicted molar refractivity (Wildman–Crippen MR) is 140 cm³/mol. The maximum absolute atomic E-state index is 12.5. The number of piperidine rings is 1. The van der Waals surface area contributed by atoms with Crippen molar-refractivity contribution in [1.82, 2.24) is 15.5 Å². The number of nitrogens with one attached hydrogen (secondary N) is 2. The number of aromatic amines is 1. The number of rotatable bonds is 9. The van der Waals surface area contributed by atoms with Crippen molar-refractivity contribution in [3.63, 3.8) is 0 Å². The Morgan fingerprint density at radius 2 is 1.79 bits per heavy atom. The summed E-state index contributed by atoms with van der Waals surface area (Å²) in [5.41, 5.74) is 3.67. The number of carbonyl (C=O) groups excluding carboxylic acids is 2. The van der Waals surface area contributed by atoms with E-state index >= 15 is 0 Å². The first-order valence-electron chi connectivity index (χ1n) is 12.9. The minimum atomic E-state index is -0.589. The standard InChI is InChI=1S/C27H31N5O6/c1-2-36-25(33)20-11-13-31(14-12-20)21-7-9-22(10-8-21)32-17-23(37-27(32)35)16-28-15-18-3-5-19(6-4-18)24-29-26(34)38-30-24/h3-10,20,23,28H,2,11-17H2,1H3,(H,29,30,34)/t23-/m1/s1. The number of hydrogen-bond acceptors (Lipinski definition) is 9. The zero-order valence-corrected chi connectivity index (χ0v) is 21.2. The molecule has 2 aliphatic heterocycles. The summed E-state index contributed by atoms with van der Waals surface area (Å²) in [5, 5.41) is 7.02. The number of esters is 1. The van der Waals surface area contributed by atoms with E-state index in [-0.39, 0.29) is 24.1 Å². The molecule has 200 valence electrons. The maximum Gasteiger partial charge on any atom is 0.439 e. The Morgan fingerprint density at radius 3 is 2.45 bits per heavy atom. The van der Waals surface area contributed by atoms with Gasteiger partial charge >= 0.3 is 17.8 Å². The van der Waals surface area contributed by atoms with Gasteiger partial charge in [-0.15, -0.1) is 0 Å². The van der Waals surface area contributed by atoms with E-state index in [9.17, 15) is 14.4 Å². The molecule has 2 fully saturated rings. The summed E-state index contributed by atoms with van der Waals surface area (Å²) < 4.78 is 15.3. The Hall–Kier alpha value is -4.12. The lowest BCUT2D eigenvalue weighted by Crippen LogP contribution is -2.37. The molecule has 3 heterocycles. The van der Waals surface area contributed by atoms with Crippen LogP contribution in [0.2, 0.25) is 0 Å². The van der Waals surface area contributed by atoms with Gasteiger partial charge in [-0.3, -0.25) is 19.2 Å². The lowest BCUT2D eigenvalue weighted by atomic mass is 9.96. The first kappa shape index (κ1) is 25.5. The average molecular weight is 522 g/mol. The number of carbonyl (C=O) groups is 2. The SMILES string of the molecule is CCOC(=O)C1CCN(c2ccc(N3C[C@@H](CNCc4ccc(-c5noc(=O)[nH]5)cc4)OC3=O)cc2)CC1. The number of anilines is 2. The minimum absolute atomic E-state index is 0.0269. The number of cyclic esters (lactones) is 1. The normalized spacial score (nSPS) is 18.0. The van der Waals surface area contributed by atoms with Crippen LogP contribution < -0.4 is 20.9 Å². The Morgan fingerprint density at radius 1 is 1.08 bits per heavy atom. The quantitative estimate of drug-likeness (QED) is 0.408. The van der Waals surface area contributed by atoms with Gasteiger partial charge < -0.3 is 19.7 Å². The van der Waals surface area contributed by atoms with E-state index in [1.54, 1.807) is 4.90 Å². The molecule has 38 heavy (non-hydrogen) atoms. The van der Waals surface area contributed by atoms with Crippen molar-refractivity contribution in [3.05, 3.63) is 64.6 Å². The van der Waals surface area contributed by atoms with Crippen LogP contribution in [0.15, 0.2) is 57.8 Å². The number of ether oxygens (including phenoxy) is 2. The molecule has 0 bridgehead atoms. The third kappa shape index (κ3) is 5.88. The van der Waals surface area contributed by atoms with Crippen LogP contribution in [0.4, 0.5) is 16.2 Å². The molecule has 5 rings (SSSR count). The first-order chi connectivity index (χ1) is 18.5. The molecule has 3 aromatic rings. The van der Waals surface area contributed by atoms with Crippen molar-refractivity contribution < 1.29 is 23.6 Å². The Labute approximate surface area is 219 Å². The molecular weight excluding hydrogens is 490 g/mol. The highest BCUT2D eigenvalue weighted by Crippen LogP contribution is 2.28. The molecule has 0 aliphatic carbocycles. The van der Waals surface area contributed by atoms with E-state index in [2.05, 4.69) is 24.9 Å². The van der Waals surface area contributed by atoms with Crippen LogP contribution in [0, 0.1) is 5.92 Å². The van der Waals surface area contributed by atoms with Gasteiger partial charge in [0.1, 0.15) is 6.10 Å². The topological polar surface area (TPSA) is 130 Å². The number of benzene rings is 2. The molecule has 2 saturated heterocycles. The van der Waals surface area contributed by atoms with Crippen LogP contribution >= 0.6 is 0 Å². The molecule has 1 amide bonds. The van der Waals surface area contributed by atoms with E-state index in [1.807, 2.05) is 55.5 Å². The van der Waals surface area contributed by atoms with Crippen LogP contribution in [-0.4, -0.2) is 61.1 Å². The Balaban J connectivity index is 1.08. The van der Waals surface area contributed by atoms with Gasteiger partial charge in [0.15, 0.2) is 5.82 Å². The van der Waals surface area contributed by atoms with Gasteiger partial charge in [-0.05, 0) is 49.6 Å². The fourth-order valence-electron chi connectivity index (χ4n) is 4.83. The van der Waals surface area contributed by atoms with E-state index in [1.165, 1.54) is 0 Å². The highest BCUT2D eigenvalue weighted by Gasteiger charge is 2.32. The second-order valence-electron chi connectivity index (χ2n) is 9.42. The first-order valence-corrected chi connectivity index (χ1v) is 12.9. The number of aromatic nitrogens is 2. The van der Waals surface area contributed by atoms with Gasteiger partial charge in [0.25, 0.3) is 0 Å². The van der Waals surface area contributed by atoms with Crippen LogP contribution in [0.1, 0.15) is 25.3 Å². The molecular formula is C27H31N5O6. The highest BCUT2D eigenvalue weighted by atomic mass is 16.6. The minimum Gasteiger partial charge on any atom is -0.466 e. The van der Waals surface area contributed by atoms with Crippen LogP contribution in [0.5, 0.6) is 0 Å². The fourth-order valence-corrected chi connectivity index (χ4v) is 4.83. The Kier molecular flexibility index (Phi) is 7.73. The number of nitrogens with zero attached hydrogens (tertiary/aromatic N) is 3. The molecule has 1 aromatic heterocycles. The van der Waals surface area contributed by atoms with Gasteiger partial charge in [0, 0.05) is 43.1 Å². The van der Waals surface area contributed by atoms with E-state index in [0.29, 0.717) is 32.1 Å². The van der Waals surface area contributed by atoms with Gasteiger partial charge in [0.05, 0.1) is 19.1 Å². The Bertz CT molecular complexity index is 1290. The summed E-state index contributed by atoms with van der Waals surface area (Å²) in [6, 6.07) is 15.5. The van der Waals surface area contributed by atoms with Crippen molar-refractivity contribution in [2.75, 3.05) is 42.6 Å².